The van der Waals surface area contributed by atoms with E-state index >= 15 is 0 Å². The molecule has 3 amide bonds. The number of urea groups is 1. The van der Waals surface area contributed by atoms with Crippen LogP contribution in [0, 0.1) is 5.82 Å². The molecule has 0 radical (unpaired) electrons. The van der Waals surface area contributed by atoms with E-state index in [0.29, 0.717) is 22.9 Å². The summed E-state index contributed by atoms with van der Waals surface area (Å²) in [6.07, 6.45) is 1.04. The van der Waals surface area contributed by atoms with Crippen molar-refractivity contribution >= 4 is 27.9 Å². The molecule has 0 aromatic heterocycles. The van der Waals surface area contributed by atoms with Crippen molar-refractivity contribution in [3.05, 3.63) is 34.1 Å². The van der Waals surface area contributed by atoms with Gasteiger partial charge in [0.25, 0.3) is 5.91 Å². The Bertz CT molecular complexity index is 558. The molecular weight excluding hydrogens is 327 g/mol. The molecular formula is C14H16BrFN2O2. The summed E-state index contributed by atoms with van der Waals surface area (Å²) in [5.74, 6) is -0.660. The molecule has 1 aromatic carbocycles. The molecule has 1 aromatic rings. The van der Waals surface area contributed by atoms with Gasteiger partial charge in [-0.2, -0.15) is 0 Å². The fourth-order valence-corrected chi connectivity index (χ4v) is 3.00. The summed E-state index contributed by atoms with van der Waals surface area (Å²) in [6, 6.07) is 4.25. The zero-order valence-corrected chi connectivity index (χ0v) is 13.0. The number of carbonyl (C=O) groups excluding carboxylic acids is 2. The Balaban J connectivity index is 2.38. The maximum Gasteiger partial charge on any atom is 0.325 e. The highest BCUT2D eigenvalue weighted by Crippen LogP contribution is 2.32. The third-order valence-corrected chi connectivity index (χ3v) is 4.82. The highest BCUT2D eigenvalue weighted by atomic mass is 79.9. The van der Waals surface area contributed by atoms with Crippen molar-refractivity contribution in [3.63, 3.8) is 0 Å². The summed E-state index contributed by atoms with van der Waals surface area (Å²) in [6.45, 7) is 3.93. The first-order chi connectivity index (χ1) is 9.46. The lowest BCUT2D eigenvalue weighted by Crippen LogP contribution is -2.48. The van der Waals surface area contributed by atoms with E-state index in [0.717, 1.165) is 0 Å². The van der Waals surface area contributed by atoms with Crippen molar-refractivity contribution in [3.8, 4) is 0 Å². The van der Waals surface area contributed by atoms with E-state index in [4.69, 9.17) is 0 Å². The minimum Gasteiger partial charge on any atom is -0.305 e. The van der Waals surface area contributed by atoms with Crippen molar-refractivity contribution in [1.29, 1.82) is 0 Å². The standard InChI is InChI=1S/C14H16BrFN2O2/c1-3-14(4-2)12(19)17-13(20)18(14)8-9-6-5-7-10(16)11(9)15/h5-7H,3-4,8H2,1-2H3,(H,17,19,20). The molecule has 6 heteroatoms. The van der Waals surface area contributed by atoms with Gasteiger partial charge in [-0.3, -0.25) is 10.1 Å². The summed E-state index contributed by atoms with van der Waals surface area (Å²) in [5, 5.41) is 2.35. The molecule has 0 atom stereocenters. The Morgan fingerprint density at radius 2 is 1.95 bits per heavy atom. The van der Waals surface area contributed by atoms with E-state index in [1.807, 2.05) is 13.8 Å². The largest absolute Gasteiger partial charge is 0.325 e. The van der Waals surface area contributed by atoms with Gasteiger partial charge in [0.15, 0.2) is 0 Å². The van der Waals surface area contributed by atoms with Crippen molar-refractivity contribution in [2.75, 3.05) is 0 Å². The fourth-order valence-electron chi connectivity index (χ4n) is 2.61. The van der Waals surface area contributed by atoms with E-state index in [2.05, 4.69) is 21.2 Å². The maximum absolute atomic E-state index is 13.6. The lowest BCUT2D eigenvalue weighted by Gasteiger charge is -2.33. The van der Waals surface area contributed by atoms with Crippen LogP contribution < -0.4 is 5.32 Å². The van der Waals surface area contributed by atoms with E-state index in [1.54, 1.807) is 12.1 Å². The van der Waals surface area contributed by atoms with Crippen LogP contribution in [-0.4, -0.2) is 22.4 Å². The molecule has 0 bridgehead atoms. The minimum absolute atomic E-state index is 0.192. The van der Waals surface area contributed by atoms with Crippen LogP contribution in [0.5, 0.6) is 0 Å². The van der Waals surface area contributed by atoms with Crippen LogP contribution in [0.2, 0.25) is 0 Å². The van der Waals surface area contributed by atoms with Gasteiger partial charge in [-0.1, -0.05) is 26.0 Å². The molecule has 1 saturated heterocycles. The SMILES string of the molecule is CCC1(CC)C(=O)NC(=O)N1Cc1cccc(F)c1Br. The quantitative estimate of drug-likeness (QED) is 0.854. The molecule has 4 nitrogen and oxygen atoms in total. The molecule has 0 unspecified atom stereocenters. The van der Waals surface area contributed by atoms with Crippen molar-refractivity contribution in [2.45, 2.75) is 38.8 Å². The van der Waals surface area contributed by atoms with Gasteiger partial charge < -0.3 is 4.90 Å². The van der Waals surface area contributed by atoms with Crippen LogP contribution in [0.1, 0.15) is 32.3 Å². The van der Waals surface area contributed by atoms with Crippen LogP contribution in [0.4, 0.5) is 9.18 Å². The molecule has 1 N–H and O–H groups in total. The van der Waals surface area contributed by atoms with Crippen LogP contribution in [-0.2, 0) is 11.3 Å². The van der Waals surface area contributed by atoms with Crippen LogP contribution >= 0.6 is 15.9 Å². The smallest absolute Gasteiger partial charge is 0.305 e. The van der Waals surface area contributed by atoms with E-state index in [1.165, 1.54) is 11.0 Å². The number of nitrogens with zero attached hydrogens (tertiary/aromatic N) is 1. The summed E-state index contributed by atoms with van der Waals surface area (Å²) in [4.78, 5) is 25.6. The lowest BCUT2D eigenvalue weighted by molar-refractivity contribution is -0.127. The molecule has 108 valence electrons. The topological polar surface area (TPSA) is 49.4 Å². The summed E-state index contributed by atoms with van der Waals surface area (Å²) in [7, 11) is 0. The van der Waals surface area contributed by atoms with Gasteiger partial charge in [-0.15, -0.1) is 0 Å². The third-order valence-electron chi connectivity index (χ3n) is 3.93. The number of hydrogen-bond acceptors (Lipinski definition) is 2. The molecule has 1 fully saturated rings. The second kappa shape index (κ2) is 5.52. The van der Waals surface area contributed by atoms with Gasteiger partial charge in [-0.25, -0.2) is 9.18 Å². The average Bonchev–Trinajstić information content (AvgIpc) is 2.66. The molecule has 0 saturated carbocycles. The summed E-state index contributed by atoms with van der Waals surface area (Å²) >= 11 is 3.19. The van der Waals surface area contributed by atoms with Gasteiger partial charge >= 0.3 is 6.03 Å². The Hall–Kier alpha value is -1.43. The fraction of sp³-hybridized carbons (Fsp3) is 0.429. The van der Waals surface area contributed by atoms with Gasteiger partial charge in [0, 0.05) is 6.54 Å². The van der Waals surface area contributed by atoms with E-state index in [9.17, 15) is 14.0 Å². The number of imide groups is 1. The highest BCUT2D eigenvalue weighted by molar-refractivity contribution is 9.10. The molecule has 1 aliphatic heterocycles. The number of amides is 3. The average molecular weight is 343 g/mol. The Kier molecular flexibility index (Phi) is 4.13. The first kappa shape index (κ1) is 15.0. The number of rotatable bonds is 4. The van der Waals surface area contributed by atoms with Gasteiger partial charge in [-0.05, 0) is 40.4 Å². The highest BCUT2D eigenvalue weighted by Gasteiger charge is 2.50. The van der Waals surface area contributed by atoms with Crippen LogP contribution in [0.25, 0.3) is 0 Å². The van der Waals surface area contributed by atoms with E-state index in [-0.39, 0.29) is 18.3 Å². The number of carbonyl (C=O) groups is 2. The van der Waals surface area contributed by atoms with Crippen molar-refractivity contribution in [1.82, 2.24) is 10.2 Å². The Morgan fingerprint density at radius 3 is 2.55 bits per heavy atom. The Labute approximate surface area is 125 Å². The predicted octanol–water partition coefficient (Wildman–Crippen LogP) is 3.20. The maximum atomic E-state index is 13.6. The predicted molar refractivity (Wildman–Crippen MR) is 76.5 cm³/mol. The molecule has 0 aliphatic carbocycles. The van der Waals surface area contributed by atoms with E-state index < -0.39 is 11.6 Å². The number of halogens is 2. The third kappa shape index (κ3) is 2.22. The first-order valence-electron chi connectivity index (χ1n) is 6.52. The van der Waals surface area contributed by atoms with Crippen molar-refractivity contribution in [2.24, 2.45) is 0 Å². The lowest BCUT2D eigenvalue weighted by atomic mass is 9.91. The molecule has 1 aliphatic rings. The number of hydrogen-bond donors (Lipinski definition) is 1. The van der Waals surface area contributed by atoms with Crippen LogP contribution in [0.15, 0.2) is 22.7 Å². The summed E-state index contributed by atoms with van der Waals surface area (Å²) < 4.78 is 13.9. The second-order valence-corrected chi connectivity index (χ2v) is 5.59. The number of benzene rings is 1. The zero-order valence-electron chi connectivity index (χ0n) is 11.4. The first-order valence-corrected chi connectivity index (χ1v) is 7.31. The normalized spacial score (nSPS) is 17.5. The molecule has 0 spiro atoms. The summed E-state index contributed by atoms with van der Waals surface area (Å²) in [5.41, 5.74) is -0.204. The van der Waals surface area contributed by atoms with Crippen LogP contribution in [0.3, 0.4) is 0 Å². The minimum atomic E-state index is -0.844. The molecule has 20 heavy (non-hydrogen) atoms. The van der Waals surface area contributed by atoms with Gasteiger partial charge in [0.05, 0.1) is 4.47 Å². The van der Waals surface area contributed by atoms with Gasteiger partial charge in [0.1, 0.15) is 11.4 Å². The molecule has 1 heterocycles. The second-order valence-electron chi connectivity index (χ2n) is 4.80. The van der Waals surface area contributed by atoms with Gasteiger partial charge in [0.2, 0.25) is 0 Å². The Morgan fingerprint density at radius 1 is 1.30 bits per heavy atom. The number of nitrogens with one attached hydrogen (secondary N) is 1. The van der Waals surface area contributed by atoms with Crippen molar-refractivity contribution < 1.29 is 14.0 Å². The molecule has 2 rings (SSSR count). The monoisotopic (exact) mass is 342 g/mol. The zero-order chi connectivity index (χ0) is 14.9.